The van der Waals surface area contributed by atoms with Crippen molar-refractivity contribution in [2.24, 2.45) is 5.92 Å². The molecule has 7 nitrogen and oxygen atoms in total. The van der Waals surface area contributed by atoms with Crippen LogP contribution in [0.5, 0.6) is 0 Å². The number of carbonyl (C=O) groups excluding carboxylic acids is 2. The molecule has 0 spiro atoms. The molecular formula is C16H22ClN3O4S. The molecule has 2 N–H and O–H groups in total. The third kappa shape index (κ3) is 3.65. The fraction of sp³-hybridized carbons (Fsp3) is 0.500. The van der Waals surface area contributed by atoms with Crippen LogP contribution in [0.15, 0.2) is 23.1 Å². The van der Waals surface area contributed by atoms with Crippen LogP contribution >= 0.6 is 12.4 Å². The first-order valence-electron chi connectivity index (χ1n) is 8.15. The molecule has 25 heavy (non-hydrogen) atoms. The molecule has 3 rings (SSSR count). The lowest BCUT2D eigenvalue weighted by Crippen LogP contribution is -2.38. The number of benzene rings is 1. The molecule has 0 aliphatic carbocycles. The van der Waals surface area contributed by atoms with Crippen molar-refractivity contribution in [3.8, 4) is 0 Å². The van der Waals surface area contributed by atoms with Gasteiger partial charge in [0.05, 0.1) is 5.56 Å². The first-order chi connectivity index (χ1) is 11.4. The maximum absolute atomic E-state index is 12.4. The Morgan fingerprint density at radius 2 is 2.16 bits per heavy atom. The van der Waals surface area contributed by atoms with Gasteiger partial charge in [0.1, 0.15) is 4.90 Å². The molecule has 2 amide bonds. The molecule has 1 unspecified atom stereocenters. The van der Waals surface area contributed by atoms with E-state index in [0.29, 0.717) is 12.5 Å². The monoisotopic (exact) mass is 387 g/mol. The van der Waals surface area contributed by atoms with E-state index in [1.165, 1.54) is 18.2 Å². The maximum atomic E-state index is 12.4. The van der Waals surface area contributed by atoms with E-state index in [1.54, 1.807) is 6.92 Å². The SMILES string of the molecule is CCN1C(=O)c2ccc(C(=O)NCC3CCCNC3)cc2S1(=O)=O.Cl. The summed E-state index contributed by atoms with van der Waals surface area (Å²) >= 11 is 0. The predicted octanol–water partition coefficient (Wildman–Crippen LogP) is 1.00. The lowest BCUT2D eigenvalue weighted by molar-refractivity contribution is 0.0874. The van der Waals surface area contributed by atoms with E-state index in [1.807, 2.05) is 0 Å². The first kappa shape index (κ1) is 19.7. The van der Waals surface area contributed by atoms with Crippen molar-refractivity contribution >= 4 is 34.2 Å². The van der Waals surface area contributed by atoms with Crippen molar-refractivity contribution in [2.75, 3.05) is 26.2 Å². The van der Waals surface area contributed by atoms with Gasteiger partial charge in [-0.2, -0.15) is 0 Å². The van der Waals surface area contributed by atoms with Gasteiger partial charge in [-0.25, -0.2) is 12.7 Å². The zero-order valence-electron chi connectivity index (χ0n) is 13.9. The summed E-state index contributed by atoms with van der Waals surface area (Å²) in [6.45, 7) is 4.11. The number of carbonyl (C=O) groups is 2. The van der Waals surface area contributed by atoms with Crippen LogP contribution in [0, 0.1) is 5.92 Å². The van der Waals surface area contributed by atoms with Crippen molar-refractivity contribution in [2.45, 2.75) is 24.7 Å². The Hall–Kier alpha value is -1.64. The zero-order valence-corrected chi connectivity index (χ0v) is 15.6. The van der Waals surface area contributed by atoms with Gasteiger partial charge in [0, 0.05) is 18.7 Å². The summed E-state index contributed by atoms with van der Waals surface area (Å²) in [7, 11) is -3.84. The Kier molecular flexibility index (Phi) is 6.08. The van der Waals surface area contributed by atoms with Crippen LogP contribution in [0.3, 0.4) is 0 Å². The molecule has 1 saturated heterocycles. The number of nitrogens with zero attached hydrogens (tertiary/aromatic N) is 1. The van der Waals surface area contributed by atoms with Crippen molar-refractivity contribution in [1.82, 2.24) is 14.9 Å². The number of piperidine rings is 1. The second-order valence-corrected chi connectivity index (χ2v) is 7.94. The van der Waals surface area contributed by atoms with Crippen LogP contribution in [0.1, 0.15) is 40.5 Å². The topological polar surface area (TPSA) is 95.6 Å². The van der Waals surface area contributed by atoms with Crippen molar-refractivity contribution in [3.63, 3.8) is 0 Å². The highest BCUT2D eigenvalue weighted by Crippen LogP contribution is 2.30. The summed E-state index contributed by atoms with van der Waals surface area (Å²) in [4.78, 5) is 24.3. The summed E-state index contributed by atoms with van der Waals surface area (Å²) in [5.41, 5.74) is 0.386. The van der Waals surface area contributed by atoms with Crippen LogP contribution in [-0.4, -0.2) is 50.7 Å². The molecule has 2 aliphatic rings. The molecule has 1 aromatic carbocycles. The van der Waals surface area contributed by atoms with Crippen LogP contribution < -0.4 is 10.6 Å². The summed E-state index contributed by atoms with van der Waals surface area (Å²) < 4.78 is 25.6. The predicted molar refractivity (Wildman–Crippen MR) is 95.5 cm³/mol. The molecule has 138 valence electrons. The van der Waals surface area contributed by atoms with E-state index in [2.05, 4.69) is 10.6 Å². The van der Waals surface area contributed by atoms with Gasteiger partial charge in [-0.05, 0) is 57.0 Å². The second-order valence-electron chi connectivity index (χ2n) is 6.11. The first-order valence-corrected chi connectivity index (χ1v) is 9.59. The third-order valence-electron chi connectivity index (χ3n) is 4.51. The highest BCUT2D eigenvalue weighted by molar-refractivity contribution is 7.90. The standard InChI is InChI=1S/C16H21N3O4S.ClH/c1-2-19-16(21)13-6-5-12(8-14(13)24(19,22)23)15(20)18-10-11-4-3-7-17-9-11;/h5-6,8,11,17H,2-4,7,9-10H2,1H3,(H,18,20);1H. The summed E-state index contributed by atoms with van der Waals surface area (Å²) in [5.74, 6) is -0.466. The van der Waals surface area contributed by atoms with E-state index < -0.39 is 15.9 Å². The minimum absolute atomic E-state index is 0. The van der Waals surface area contributed by atoms with Gasteiger partial charge < -0.3 is 10.6 Å². The number of hydrogen-bond donors (Lipinski definition) is 2. The highest BCUT2D eigenvalue weighted by Gasteiger charge is 2.40. The van der Waals surface area contributed by atoms with Gasteiger partial charge in [0.15, 0.2) is 0 Å². The maximum Gasteiger partial charge on any atom is 0.268 e. The van der Waals surface area contributed by atoms with E-state index >= 15 is 0 Å². The van der Waals surface area contributed by atoms with Crippen molar-refractivity contribution in [1.29, 1.82) is 0 Å². The van der Waals surface area contributed by atoms with Crippen molar-refractivity contribution < 1.29 is 18.0 Å². The molecule has 1 fully saturated rings. The average Bonchev–Trinajstić information content (AvgIpc) is 2.79. The van der Waals surface area contributed by atoms with Gasteiger partial charge in [0.2, 0.25) is 0 Å². The molecule has 9 heteroatoms. The zero-order chi connectivity index (χ0) is 17.3. The molecule has 0 radical (unpaired) electrons. The summed E-state index contributed by atoms with van der Waals surface area (Å²) in [6.07, 6.45) is 2.15. The minimum Gasteiger partial charge on any atom is -0.352 e. The Morgan fingerprint density at radius 1 is 1.40 bits per heavy atom. The number of hydrogen-bond acceptors (Lipinski definition) is 5. The van der Waals surface area contributed by atoms with Crippen LogP contribution in [-0.2, 0) is 10.0 Å². The Morgan fingerprint density at radius 3 is 2.80 bits per heavy atom. The number of rotatable bonds is 4. The lowest BCUT2D eigenvalue weighted by Gasteiger charge is -2.22. The largest absolute Gasteiger partial charge is 0.352 e. The number of nitrogens with one attached hydrogen (secondary N) is 2. The number of amides is 2. The quantitative estimate of drug-likeness (QED) is 0.803. The highest BCUT2D eigenvalue weighted by atomic mass is 35.5. The molecule has 1 aromatic rings. The fourth-order valence-corrected chi connectivity index (χ4v) is 4.77. The normalized spacial score (nSPS) is 21.4. The molecule has 2 heterocycles. The smallest absolute Gasteiger partial charge is 0.268 e. The molecule has 2 aliphatic heterocycles. The van der Waals surface area contributed by atoms with Gasteiger partial charge in [-0.15, -0.1) is 12.4 Å². The van der Waals surface area contributed by atoms with E-state index in [0.717, 1.165) is 30.2 Å². The van der Waals surface area contributed by atoms with Gasteiger partial charge in [0.25, 0.3) is 21.8 Å². The van der Waals surface area contributed by atoms with Crippen LogP contribution in [0.25, 0.3) is 0 Å². The van der Waals surface area contributed by atoms with Gasteiger partial charge in [-0.3, -0.25) is 9.59 Å². The molecule has 0 bridgehead atoms. The van der Waals surface area contributed by atoms with Gasteiger partial charge in [-0.1, -0.05) is 0 Å². The summed E-state index contributed by atoms with van der Waals surface area (Å²) in [5, 5.41) is 6.14. The number of sulfonamides is 1. The molecule has 1 atom stereocenters. The third-order valence-corrected chi connectivity index (χ3v) is 6.40. The second kappa shape index (κ2) is 7.72. The molecule has 0 saturated carbocycles. The average molecular weight is 388 g/mol. The van der Waals surface area contributed by atoms with E-state index in [4.69, 9.17) is 0 Å². The fourth-order valence-electron chi connectivity index (χ4n) is 3.17. The number of halogens is 1. The van der Waals surface area contributed by atoms with Gasteiger partial charge >= 0.3 is 0 Å². The summed E-state index contributed by atoms with van der Waals surface area (Å²) in [6, 6.07) is 4.22. The van der Waals surface area contributed by atoms with Crippen LogP contribution in [0.2, 0.25) is 0 Å². The lowest BCUT2D eigenvalue weighted by atomic mass is 9.99. The Balaban J connectivity index is 0.00000225. The Bertz CT molecular complexity index is 776. The van der Waals surface area contributed by atoms with E-state index in [9.17, 15) is 18.0 Å². The molecular weight excluding hydrogens is 366 g/mol. The molecule has 0 aromatic heterocycles. The Labute approximate surface area is 153 Å². The van der Waals surface area contributed by atoms with Crippen molar-refractivity contribution in [3.05, 3.63) is 29.3 Å². The van der Waals surface area contributed by atoms with Crippen LogP contribution in [0.4, 0.5) is 0 Å². The van der Waals surface area contributed by atoms with E-state index in [-0.39, 0.29) is 40.9 Å². The number of fused-ring (bicyclic) bond motifs is 1. The minimum atomic E-state index is -3.84.